The van der Waals surface area contributed by atoms with E-state index in [9.17, 15) is 13.2 Å². The second kappa shape index (κ2) is 6.54. The van der Waals surface area contributed by atoms with E-state index in [1.165, 1.54) is 0 Å². The van der Waals surface area contributed by atoms with E-state index in [0.717, 1.165) is 5.56 Å². The molecule has 0 radical (unpaired) electrons. The number of hydrogen-bond donors (Lipinski definition) is 0. The molecule has 1 aromatic carbocycles. The predicted octanol–water partition coefficient (Wildman–Crippen LogP) is 3.71. The molecule has 112 valence electrons. The van der Waals surface area contributed by atoms with Gasteiger partial charge in [0.25, 0.3) is 0 Å². The molecular formula is C13H14ClF3O3. The highest BCUT2D eigenvalue weighted by Gasteiger charge is 2.27. The maximum Gasteiger partial charge on any atom is 0.411 e. The molecule has 1 aliphatic heterocycles. The van der Waals surface area contributed by atoms with E-state index < -0.39 is 18.2 Å². The third-order valence-electron chi connectivity index (χ3n) is 2.71. The van der Waals surface area contributed by atoms with Gasteiger partial charge in [-0.2, -0.15) is 13.2 Å². The minimum Gasteiger partial charge on any atom is -0.486 e. The van der Waals surface area contributed by atoms with Crippen molar-refractivity contribution in [2.75, 3.05) is 26.4 Å². The van der Waals surface area contributed by atoms with Crippen LogP contribution < -0.4 is 9.47 Å². The second-order valence-electron chi connectivity index (χ2n) is 4.33. The van der Waals surface area contributed by atoms with Crippen molar-refractivity contribution in [3.05, 3.63) is 23.8 Å². The molecule has 0 saturated carbocycles. The Balaban J connectivity index is 1.84. The Bertz CT molecular complexity index is 451. The maximum absolute atomic E-state index is 11.9. The van der Waals surface area contributed by atoms with Crippen LogP contribution in [0.15, 0.2) is 18.2 Å². The quantitative estimate of drug-likeness (QED) is 0.613. The molecule has 0 amide bonds. The van der Waals surface area contributed by atoms with E-state index >= 15 is 0 Å². The Morgan fingerprint density at radius 2 is 1.90 bits per heavy atom. The molecule has 0 spiro atoms. The van der Waals surface area contributed by atoms with Crippen LogP contribution >= 0.6 is 11.6 Å². The lowest BCUT2D eigenvalue weighted by molar-refractivity contribution is -0.174. The number of alkyl halides is 4. The highest BCUT2D eigenvalue weighted by atomic mass is 35.5. The molecule has 0 saturated heterocycles. The number of ether oxygens (including phenoxy) is 3. The minimum absolute atomic E-state index is 0.0535. The lowest BCUT2D eigenvalue weighted by atomic mass is 10.1. The van der Waals surface area contributed by atoms with Crippen LogP contribution in [0.1, 0.15) is 17.4 Å². The van der Waals surface area contributed by atoms with Crippen molar-refractivity contribution >= 4 is 11.6 Å². The lowest BCUT2D eigenvalue weighted by Crippen LogP contribution is -2.17. The zero-order valence-electron chi connectivity index (χ0n) is 10.6. The minimum atomic E-state index is -4.31. The highest BCUT2D eigenvalue weighted by Crippen LogP contribution is 2.35. The number of benzene rings is 1. The van der Waals surface area contributed by atoms with Crippen LogP contribution in [-0.2, 0) is 4.74 Å². The van der Waals surface area contributed by atoms with E-state index in [-0.39, 0.29) is 13.0 Å². The van der Waals surface area contributed by atoms with Gasteiger partial charge in [0.15, 0.2) is 11.5 Å². The fourth-order valence-electron chi connectivity index (χ4n) is 1.80. The van der Waals surface area contributed by atoms with Crippen LogP contribution in [0, 0.1) is 0 Å². The smallest absolute Gasteiger partial charge is 0.411 e. The van der Waals surface area contributed by atoms with Crippen molar-refractivity contribution in [2.24, 2.45) is 0 Å². The van der Waals surface area contributed by atoms with Gasteiger partial charge in [0.2, 0.25) is 0 Å². The molecule has 0 N–H and O–H groups in total. The average Bonchev–Trinajstić information content (AvgIpc) is 2.42. The summed E-state index contributed by atoms with van der Waals surface area (Å²) in [5.41, 5.74) is 0.770. The molecule has 1 unspecified atom stereocenters. The highest BCUT2D eigenvalue weighted by molar-refractivity contribution is 6.20. The Hall–Kier alpha value is -1.14. The van der Waals surface area contributed by atoms with Gasteiger partial charge >= 0.3 is 6.18 Å². The first-order chi connectivity index (χ1) is 9.46. The van der Waals surface area contributed by atoms with Crippen molar-refractivity contribution in [2.45, 2.75) is 18.0 Å². The van der Waals surface area contributed by atoms with Gasteiger partial charge < -0.3 is 14.2 Å². The van der Waals surface area contributed by atoms with E-state index in [4.69, 9.17) is 21.1 Å². The Morgan fingerprint density at radius 1 is 1.20 bits per heavy atom. The molecule has 0 aromatic heterocycles. The number of rotatable bonds is 5. The van der Waals surface area contributed by atoms with Gasteiger partial charge in [-0.05, 0) is 24.1 Å². The van der Waals surface area contributed by atoms with Crippen LogP contribution in [0.2, 0.25) is 0 Å². The molecule has 1 heterocycles. The Morgan fingerprint density at radius 3 is 2.60 bits per heavy atom. The molecule has 20 heavy (non-hydrogen) atoms. The summed E-state index contributed by atoms with van der Waals surface area (Å²) in [6.07, 6.45) is -4.02. The predicted molar refractivity (Wildman–Crippen MR) is 67.5 cm³/mol. The number of hydrogen-bond acceptors (Lipinski definition) is 3. The van der Waals surface area contributed by atoms with Gasteiger partial charge in [-0.1, -0.05) is 6.07 Å². The molecule has 0 aliphatic carbocycles. The summed E-state index contributed by atoms with van der Waals surface area (Å²) in [4.78, 5) is 0. The third-order valence-corrected chi connectivity index (χ3v) is 3.18. The zero-order chi connectivity index (χ0) is 14.6. The van der Waals surface area contributed by atoms with Gasteiger partial charge in [0.05, 0.1) is 5.38 Å². The molecule has 0 fully saturated rings. The first-order valence-electron chi connectivity index (χ1n) is 6.14. The molecule has 2 rings (SSSR count). The SMILES string of the molecule is FC(F)(F)COCCC(Cl)c1ccc2c(c1)OCCO2. The normalized spacial score (nSPS) is 16.0. The van der Waals surface area contributed by atoms with Crippen molar-refractivity contribution in [3.63, 3.8) is 0 Å². The van der Waals surface area contributed by atoms with Gasteiger partial charge in [0.1, 0.15) is 19.8 Å². The molecule has 1 atom stereocenters. The van der Waals surface area contributed by atoms with Gasteiger partial charge in [0, 0.05) is 6.61 Å². The van der Waals surface area contributed by atoms with E-state index in [0.29, 0.717) is 24.7 Å². The Kier molecular flexibility index (Phi) is 4.99. The van der Waals surface area contributed by atoms with Crippen molar-refractivity contribution in [1.29, 1.82) is 0 Å². The van der Waals surface area contributed by atoms with Gasteiger partial charge in [-0.15, -0.1) is 11.6 Å². The van der Waals surface area contributed by atoms with Crippen LogP contribution in [0.25, 0.3) is 0 Å². The molecule has 3 nitrogen and oxygen atoms in total. The van der Waals surface area contributed by atoms with E-state index in [1.807, 2.05) is 0 Å². The van der Waals surface area contributed by atoms with Crippen molar-refractivity contribution in [3.8, 4) is 11.5 Å². The number of halogens is 4. The fraction of sp³-hybridized carbons (Fsp3) is 0.538. The standard InChI is InChI=1S/C13H14ClF3O3/c14-10(3-4-18-8-13(15,16)17)9-1-2-11-12(7-9)20-6-5-19-11/h1-2,7,10H,3-6,8H2. The first kappa shape index (κ1) is 15.3. The van der Waals surface area contributed by atoms with Crippen molar-refractivity contribution in [1.82, 2.24) is 0 Å². The van der Waals surface area contributed by atoms with Gasteiger partial charge in [-0.3, -0.25) is 0 Å². The summed E-state index contributed by atoms with van der Waals surface area (Å²) in [6, 6.07) is 5.26. The summed E-state index contributed by atoms with van der Waals surface area (Å²) in [6.45, 7) is -0.333. The fourth-order valence-corrected chi connectivity index (χ4v) is 2.02. The summed E-state index contributed by atoms with van der Waals surface area (Å²) in [5.74, 6) is 1.26. The van der Waals surface area contributed by atoms with Gasteiger partial charge in [-0.25, -0.2) is 0 Å². The monoisotopic (exact) mass is 310 g/mol. The third kappa shape index (κ3) is 4.45. The summed E-state index contributed by atoms with van der Waals surface area (Å²) < 4.78 is 51.0. The first-order valence-corrected chi connectivity index (χ1v) is 6.57. The van der Waals surface area contributed by atoms with Crippen LogP contribution in [0.5, 0.6) is 11.5 Å². The molecule has 1 aliphatic rings. The van der Waals surface area contributed by atoms with Crippen LogP contribution in [0.3, 0.4) is 0 Å². The summed E-state index contributed by atoms with van der Waals surface area (Å²) in [5, 5.41) is -0.431. The van der Waals surface area contributed by atoms with E-state index in [2.05, 4.69) is 4.74 Å². The number of fused-ring (bicyclic) bond motifs is 1. The molecular weight excluding hydrogens is 297 g/mol. The lowest BCUT2D eigenvalue weighted by Gasteiger charge is -2.20. The largest absolute Gasteiger partial charge is 0.486 e. The summed E-state index contributed by atoms with van der Waals surface area (Å²) in [7, 11) is 0. The Labute approximate surface area is 119 Å². The molecule has 0 bridgehead atoms. The summed E-state index contributed by atoms with van der Waals surface area (Å²) >= 11 is 6.14. The topological polar surface area (TPSA) is 27.7 Å². The van der Waals surface area contributed by atoms with E-state index in [1.54, 1.807) is 18.2 Å². The average molecular weight is 311 g/mol. The molecule has 7 heteroatoms. The van der Waals surface area contributed by atoms with Crippen LogP contribution in [0.4, 0.5) is 13.2 Å². The van der Waals surface area contributed by atoms with Crippen LogP contribution in [-0.4, -0.2) is 32.6 Å². The maximum atomic E-state index is 11.9. The van der Waals surface area contributed by atoms with Crippen molar-refractivity contribution < 1.29 is 27.4 Å². The molecule has 1 aromatic rings. The second-order valence-corrected chi connectivity index (χ2v) is 4.85. The zero-order valence-corrected chi connectivity index (χ0v) is 11.3.